The Morgan fingerprint density at radius 3 is 2.59 bits per heavy atom. The number of aromatic nitrogens is 2. The number of aryl methyl sites for hydroxylation is 1. The van der Waals surface area contributed by atoms with Gasteiger partial charge in [-0.25, -0.2) is 4.98 Å². The van der Waals surface area contributed by atoms with E-state index in [0.717, 1.165) is 11.0 Å². The summed E-state index contributed by atoms with van der Waals surface area (Å²) in [5.41, 5.74) is 2.42. The average Bonchev–Trinajstić information content (AvgIpc) is 3.12. The molecule has 2 rings (SSSR count). The molecular formula is C19H28N4O3S. The van der Waals surface area contributed by atoms with E-state index in [9.17, 15) is 4.79 Å². The summed E-state index contributed by atoms with van der Waals surface area (Å²) in [5, 5.41) is 3.65. The Kier molecular flexibility index (Phi) is 9.17. The number of amides is 1. The first-order valence-corrected chi connectivity index (χ1v) is 9.77. The van der Waals surface area contributed by atoms with E-state index in [1.165, 1.54) is 22.7 Å². The highest BCUT2D eigenvalue weighted by atomic mass is 32.1. The van der Waals surface area contributed by atoms with Crippen LogP contribution in [0.25, 0.3) is 0 Å². The Bertz CT molecular complexity index is 691. The van der Waals surface area contributed by atoms with Crippen molar-refractivity contribution in [2.24, 2.45) is 0 Å². The van der Waals surface area contributed by atoms with Gasteiger partial charge in [-0.15, -0.1) is 0 Å². The van der Waals surface area contributed by atoms with Gasteiger partial charge in [0.1, 0.15) is 5.82 Å². The minimum Gasteiger partial charge on any atom is -0.383 e. The molecule has 0 radical (unpaired) electrons. The van der Waals surface area contributed by atoms with Crippen LogP contribution in [0.2, 0.25) is 0 Å². The van der Waals surface area contributed by atoms with E-state index in [1.807, 2.05) is 0 Å². The number of rotatable bonds is 12. The predicted octanol–water partition coefficient (Wildman–Crippen LogP) is 2.04. The zero-order valence-corrected chi connectivity index (χ0v) is 17.1. The molecule has 1 amide bonds. The van der Waals surface area contributed by atoms with E-state index in [4.69, 9.17) is 9.47 Å². The lowest BCUT2D eigenvalue weighted by atomic mass is 10.1. The summed E-state index contributed by atoms with van der Waals surface area (Å²) < 4.78 is 14.6. The first-order valence-electron chi connectivity index (χ1n) is 9.00. The van der Waals surface area contributed by atoms with E-state index in [2.05, 4.69) is 50.8 Å². The van der Waals surface area contributed by atoms with Gasteiger partial charge in [-0.3, -0.25) is 4.79 Å². The Morgan fingerprint density at radius 1 is 1.15 bits per heavy atom. The summed E-state index contributed by atoms with van der Waals surface area (Å²) in [7, 11) is 3.28. The lowest BCUT2D eigenvalue weighted by Gasteiger charge is -2.20. The molecule has 0 unspecified atom stereocenters. The standard InChI is InChI=1S/C19H28N4O3S/c1-15-4-6-16(7-5-15)14-17-21-19(27-22-17)23(11-13-26-3)10-8-18(24)20-9-12-25-2/h4-7H,8-14H2,1-3H3,(H,20,24). The topological polar surface area (TPSA) is 76.6 Å². The van der Waals surface area contributed by atoms with Crippen molar-refractivity contribution in [1.82, 2.24) is 14.7 Å². The number of nitrogens with one attached hydrogen (secondary N) is 1. The molecule has 0 saturated heterocycles. The Morgan fingerprint density at radius 2 is 1.89 bits per heavy atom. The van der Waals surface area contributed by atoms with Crippen molar-refractivity contribution in [1.29, 1.82) is 0 Å². The second-order valence-corrected chi connectivity index (χ2v) is 6.96. The number of carbonyl (C=O) groups is 1. The van der Waals surface area contributed by atoms with E-state index in [1.54, 1.807) is 14.2 Å². The fourth-order valence-corrected chi connectivity index (χ4v) is 3.19. The maximum atomic E-state index is 11.9. The van der Waals surface area contributed by atoms with Crippen LogP contribution >= 0.6 is 11.5 Å². The van der Waals surface area contributed by atoms with Crippen molar-refractivity contribution in [3.63, 3.8) is 0 Å². The first kappa shape index (κ1) is 21.3. The Balaban J connectivity index is 1.93. The van der Waals surface area contributed by atoms with Crippen LogP contribution in [-0.4, -0.2) is 62.3 Å². The van der Waals surface area contributed by atoms with Gasteiger partial charge in [-0.2, -0.15) is 4.37 Å². The number of anilines is 1. The third-order valence-electron chi connectivity index (χ3n) is 4.01. The molecule has 1 N–H and O–H groups in total. The van der Waals surface area contributed by atoms with Crippen LogP contribution in [-0.2, 0) is 20.7 Å². The molecule has 7 nitrogen and oxygen atoms in total. The highest BCUT2D eigenvalue weighted by Crippen LogP contribution is 2.19. The van der Waals surface area contributed by atoms with Gasteiger partial charge in [0, 0.05) is 58.2 Å². The van der Waals surface area contributed by atoms with Gasteiger partial charge in [0.25, 0.3) is 0 Å². The highest BCUT2D eigenvalue weighted by molar-refractivity contribution is 7.09. The lowest BCUT2D eigenvalue weighted by molar-refractivity contribution is -0.121. The number of hydrogen-bond donors (Lipinski definition) is 1. The lowest BCUT2D eigenvalue weighted by Crippen LogP contribution is -2.34. The van der Waals surface area contributed by atoms with Crippen LogP contribution in [0.15, 0.2) is 24.3 Å². The highest BCUT2D eigenvalue weighted by Gasteiger charge is 2.14. The van der Waals surface area contributed by atoms with Crippen LogP contribution in [0.1, 0.15) is 23.4 Å². The van der Waals surface area contributed by atoms with Crippen LogP contribution in [0, 0.1) is 6.92 Å². The Labute approximate surface area is 164 Å². The summed E-state index contributed by atoms with van der Waals surface area (Å²) >= 11 is 1.36. The zero-order chi connectivity index (χ0) is 19.5. The van der Waals surface area contributed by atoms with Crippen LogP contribution in [0.5, 0.6) is 0 Å². The molecule has 1 aromatic heterocycles. The minimum atomic E-state index is -0.00105. The van der Waals surface area contributed by atoms with Gasteiger partial charge >= 0.3 is 0 Å². The summed E-state index contributed by atoms with van der Waals surface area (Å²) in [5.74, 6) is 0.796. The van der Waals surface area contributed by atoms with Crippen molar-refractivity contribution >= 4 is 22.6 Å². The maximum Gasteiger partial charge on any atom is 0.221 e. The van der Waals surface area contributed by atoms with Crippen molar-refractivity contribution in [3.8, 4) is 0 Å². The fraction of sp³-hybridized carbons (Fsp3) is 0.526. The van der Waals surface area contributed by atoms with Gasteiger partial charge in [-0.1, -0.05) is 29.8 Å². The summed E-state index contributed by atoms with van der Waals surface area (Å²) in [6.45, 7) is 4.91. The molecule has 27 heavy (non-hydrogen) atoms. The SMILES string of the molecule is COCCNC(=O)CCN(CCOC)c1nc(Cc2ccc(C)cc2)ns1. The molecule has 0 fully saturated rings. The monoisotopic (exact) mass is 392 g/mol. The number of ether oxygens (including phenoxy) is 2. The van der Waals surface area contributed by atoms with Crippen LogP contribution in [0.4, 0.5) is 5.13 Å². The van der Waals surface area contributed by atoms with E-state index < -0.39 is 0 Å². The average molecular weight is 393 g/mol. The Hall–Kier alpha value is -2.03. The second kappa shape index (κ2) is 11.6. The minimum absolute atomic E-state index is 0.00105. The van der Waals surface area contributed by atoms with Crippen LogP contribution in [0.3, 0.4) is 0 Å². The number of carbonyl (C=O) groups excluding carboxylic acids is 1. The molecule has 1 aromatic carbocycles. The largest absolute Gasteiger partial charge is 0.383 e. The third-order valence-corrected chi connectivity index (χ3v) is 4.83. The van der Waals surface area contributed by atoms with Crippen LogP contribution < -0.4 is 10.2 Å². The molecular weight excluding hydrogens is 364 g/mol. The third kappa shape index (κ3) is 7.62. The molecule has 148 valence electrons. The number of benzene rings is 1. The normalized spacial score (nSPS) is 10.8. The first-order chi connectivity index (χ1) is 13.1. The number of hydrogen-bond acceptors (Lipinski definition) is 7. The smallest absolute Gasteiger partial charge is 0.221 e. The summed E-state index contributed by atoms with van der Waals surface area (Å²) in [4.78, 5) is 18.7. The molecule has 0 spiro atoms. The molecule has 0 saturated carbocycles. The molecule has 0 aliphatic heterocycles. The van der Waals surface area contributed by atoms with E-state index in [0.29, 0.717) is 45.7 Å². The van der Waals surface area contributed by atoms with Crippen molar-refractivity contribution < 1.29 is 14.3 Å². The zero-order valence-electron chi connectivity index (χ0n) is 16.2. The van der Waals surface area contributed by atoms with Gasteiger partial charge in [0.15, 0.2) is 0 Å². The molecule has 0 atom stereocenters. The molecule has 8 heteroatoms. The van der Waals surface area contributed by atoms with E-state index in [-0.39, 0.29) is 5.91 Å². The summed E-state index contributed by atoms with van der Waals surface area (Å²) in [6.07, 6.45) is 1.09. The number of methoxy groups -OCH3 is 2. The van der Waals surface area contributed by atoms with Crippen molar-refractivity contribution in [3.05, 3.63) is 41.2 Å². The molecule has 2 aromatic rings. The van der Waals surface area contributed by atoms with Crippen molar-refractivity contribution in [2.45, 2.75) is 19.8 Å². The quantitative estimate of drug-likeness (QED) is 0.557. The molecule has 0 aliphatic rings. The predicted molar refractivity (Wildman–Crippen MR) is 107 cm³/mol. The molecule has 0 bridgehead atoms. The summed E-state index contributed by atoms with van der Waals surface area (Å²) in [6, 6.07) is 8.39. The second-order valence-electron chi connectivity index (χ2n) is 6.23. The van der Waals surface area contributed by atoms with Gasteiger partial charge in [-0.05, 0) is 12.5 Å². The fourth-order valence-electron chi connectivity index (χ4n) is 2.46. The molecule has 0 aliphatic carbocycles. The van der Waals surface area contributed by atoms with Gasteiger partial charge in [0.2, 0.25) is 11.0 Å². The molecule has 1 heterocycles. The van der Waals surface area contributed by atoms with Crippen molar-refractivity contribution in [2.75, 3.05) is 52.0 Å². The maximum absolute atomic E-state index is 11.9. The van der Waals surface area contributed by atoms with E-state index >= 15 is 0 Å². The van der Waals surface area contributed by atoms with Gasteiger partial charge < -0.3 is 19.7 Å². The number of nitrogens with zero attached hydrogens (tertiary/aromatic N) is 3. The van der Waals surface area contributed by atoms with Gasteiger partial charge in [0.05, 0.1) is 13.2 Å².